The first-order valence-corrected chi connectivity index (χ1v) is 14.6. The molecule has 4 aliphatic rings. The van der Waals surface area contributed by atoms with Crippen LogP contribution >= 0.6 is 0 Å². The van der Waals surface area contributed by atoms with E-state index in [4.69, 9.17) is 14.7 Å². The number of likely N-dealkylation sites (N-methyl/N-ethyl adjacent to an activating group) is 1. The van der Waals surface area contributed by atoms with Gasteiger partial charge in [0, 0.05) is 54.9 Å². The molecule has 0 radical (unpaired) electrons. The molecule has 3 fully saturated rings. The third-order valence-corrected chi connectivity index (χ3v) is 9.55. The van der Waals surface area contributed by atoms with Crippen molar-refractivity contribution in [2.45, 2.75) is 69.7 Å². The van der Waals surface area contributed by atoms with Crippen LogP contribution in [0.3, 0.4) is 0 Å². The molecule has 0 aliphatic carbocycles. The second kappa shape index (κ2) is 9.61. The summed E-state index contributed by atoms with van der Waals surface area (Å²) in [5, 5.41) is 15.5. The lowest BCUT2D eigenvalue weighted by Crippen LogP contribution is -2.51. The third kappa shape index (κ3) is 4.52. The maximum atomic E-state index is 10.7. The van der Waals surface area contributed by atoms with Crippen LogP contribution < -0.4 is 19.9 Å². The van der Waals surface area contributed by atoms with Crippen LogP contribution in [-0.2, 0) is 6.42 Å². The number of ether oxygens (including phenoxy) is 1. The summed E-state index contributed by atoms with van der Waals surface area (Å²) < 4.78 is 6.39. The molecule has 0 amide bonds. The van der Waals surface area contributed by atoms with Gasteiger partial charge in [-0.3, -0.25) is 4.90 Å². The number of aryl methyl sites for hydroxylation is 1. The van der Waals surface area contributed by atoms with Gasteiger partial charge in [-0.1, -0.05) is 18.2 Å². The van der Waals surface area contributed by atoms with Crippen LogP contribution in [0.25, 0.3) is 10.9 Å². The summed E-state index contributed by atoms with van der Waals surface area (Å²) in [5.74, 6) is 0.972. The van der Waals surface area contributed by atoms with Gasteiger partial charge in [0.1, 0.15) is 12.4 Å². The van der Waals surface area contributed by atoms with E-state index in [-0.39, 0.29) is 5.54 Å². The molecular formula is C31H40N6O2. The zero-order valence-corrected chi connectivity index (χ0v) is 23.4. The van der Waals surface area contributed by atoms with Crippen LogP contribution in [0.15, 0.2) is 36.4 Å². The zero-order chi connectivity index (χ0) is 26.7. The largest absolute Gasteiger partial charge is 0.461 e. The van der Waals surface area contributed by atoms with Gasteiger partial charge in [-0.2, -0.15) is 9.97 Å². The molecule has 8 heteroatoms. The van der Waals surface area contributed by atoms with E-state index < -0.39 is 6.10 Å². The van der Waals surface area contributed by atoms with Crippen molar-refractivity contribution in [2.24, 2.45) is 0 Å². The highest BCUT2D eigenvalue weighted by molar-refractivity contribution is 5.93. The van der Waals surface area contributed by atoms with Gasteiger partial charge < -0.3 is 25.0 Å². The Balaban J connectivity index is 1.29. The van der Waals surface area contributed by atoms with Crippen LogP contribution in [0.2, 0.25) is 0 Å². The van der Waals surface area contributed by atoms with E-state index >= 15 is 0 Å². The molecule has 0 saturated carbocycles. The maximum absolute atomic E-state index is 10.7. The van der Waals surface area contributed by atoms with E-state index in [0.29, 0.717) is 37.7 Å². The first kappa shape index (κ1) is 25.1. The normalized spacial score (nSPS) is 28.8. The number of aromatic nitrogens is 2. The Morgan fingerprint density at radius 3 is 2.69 bits per heavy atom. The molecule has 0 spiro atoms. The first-order valence-electron chi connectivity index (χ1n) is 14.6. The number of nitrogens with one attached hydrogen (secondary N) is 1. The van der Waals surface area contributed by atoms with Gasteiger partial charge in [0.25, 0.3) is 0 Å². The Bertz CT molecular complexity index is 1380. The molecule has 2 bridgehead atoms. The smallest absolute Gasteiger partial charge is 0.319 e. The molecule has 2 aromatic carbocycles. The van der Waals surface area contributed by atoms with Crippen LogP contribution in [0, 0.1) is 6.92 Å². The van der Waals surface area contributed by atoms with E-state index in [1.165, 1.54) is 36.1 Å². The van der Waals surface area contributed by atoms with Crippen molar-refractivity contribution in [3.63, 3.8) is 0 Å². The third-order valence-electron chi connectivity index (χ3n) is 9.55. The molecule has 4 atom stereocenters. The lowest BCUT2D eigenvalue weighted by molar-refractivity contribution is 0.108. The Morgan fingerprint density at radius 2 is 1.92 bits per heavy atom. The monoisotopic (exact) mass is 528 g/mol. The van der Waals surface area contributed by atoms with Crippen molar-refractivity contribution >= 4 is 28.1 Å². The molecule has 5 heterocycles. The topological polar surface area (TPSA) is 77.0 Å². The fourth-order valence-corrected chi connectivity index (χ4v) is 7.21. The highest BCUT2D eigenvalue weighted by Gasteiger charge is 2.36. The second-order valence-electron chi connectivity index (χ2n) is 12.4. The van der Waals surface area contributed by atoms with Crippen molar-refractivity contribution in [1.82, 2.24) is 20.2 Å². The minimum Gasteiger partial charge on any atom is -0.461 e. The van der Waals surface area contributed by atoms with Crippen LogP contribution in [0.5, 0.6) is 6.01 Å². The van der Waals surface area contributed by atoms with Crippen molar-refractivity contribution < 1.29 is 9.84 Å². The van der Waals surface area contributed by atoms with Gasteiger partial charge in [-0.15, -0.1) is 0 Å². The number of aliphatic hydroxyl groups is 1. The number of para-hydroxylation sites is 1. The molecule has 7 rings (SSSR count). The van der Waals surface area contributed by atoms with Crippen LogP contribution in [0.1, 0.15) is 43.7 Å². The van der Waals surface area contributed by atoms with E-state index in [1.807, 2.05) is 0 Å². The fourth-order valence-electron chi connectivity index (χ4n) is 7.21. The molecule has 3 unspecified atom stereocenters. The summed E-state index contributed by atoms with van der Waals surface area (Å²) in [6.45, 7) is 8.57. The molecular weight excluding hydrogens is 488 g/mol. The number of rotatable bonds is 5. The second-order valence-corrected chi connectivity index (χ2v) is 12.4. The van der Waals surface area contributed by atoms with Gasteiger partial charge in [-0.25, -0.2) is 0 Å². The number of aliphatic hydroxyl groups excluding tert-OH is 1. The van der Waals surface area contributed by atoms with Crippen molar-refractivity contribution in [2.75, 3.05) is 49.6 Å². The summed E-state index contributed by atoms with van der Waals surface area (Å²) in [6, 6.07) is 14.3. The molecule has 39 heavy (non-hydrogen) atoms. The number of benzene rings is 2. The number of likely N-dealkylation sites (tertiary alicyclic amines) is 1. The summed E-state index contributed by atoms with van der Waals surface area (Å²) in [5.41, 5.74) is 5.53. The number of fused-ring (bicyclic) bond motifs is 4. The van der Waals surface area contributed by atoms with Crippen molar-refractivity contribution in [3.05, 3.63) is 47.5 Å². The average Bonchev–Trinajstić information content (AvgIpc) is 3.45. The Hall–Kier alpha value is -2.94. The van der Waals surface area contributed by atoms with Crippen molar-refractivity contribution in [1.29, 1.82) is 0 Å². The molecule has 4 aliphatic heterocycles. The maximum Gasteiger partial charge on any atom is 0.319 e. The van der Waals surface area contributed by atoms with Gasteiger partial charge in [0.15, 0.2) is 0 Å². The van der Waals surface area contributed by atoms with Gasteiger partial charge in [0.05, 0.1) is 17.2 Å². The highest BCUT2D eigenvalue weighted by atomic mass is 16.5. The lowest BCUT2D eigenvalue weighted by Gasteiger charge is -2.36. The molecule has 2 N–H and O–H groups in total. The number of β-amino-alcohol motifs (C(OH)–C–C–N with tert-alkyl or cyclic N) is 1. The summed E-state index contributed by atoms with van der Waals surface area (Å²) >= 11 is 0. The minimum atomic E-state index is -0.407. The van der Waals surface area contributed by atoms with Crippen LogP contribution in [-0.4, -0.2) is 83.5 Å². The van der Waals surface area contributed by atoms with E-state index in [1.54, 1.807) is 0 Å². The number of hydrogen-bond acceptors (Lipinski definition) is 8. The van der Waals surface area contributed by atoms with Gasteiger partial charge in [-0.05, 0) is 82.4 Å². The van der Waals surface area contributed by atoms with E-state index in [9.17, 15) is 5.11 Å². The highest BCUT2D eigenvalue weighted by Crippen LogP contribution is 2.39. The quantitative estimate of drug-likeness (QED) is 0.518. The Kier molecular flexibility index (Phi) is 6.17. The molecule has 1 aromatic heterocycles. The first-order chi connectivity index (χ1) is 18.9. The number of piperazine rings is 1. The van der Waals surface area contributed by atoms with E-state index in [2.05, 4.69) is 77.3 Å². The minimum absolute atomic E-state index is 0.000340. The summed E-state index contributed by atoms with van der Waals surface area (Å²) in [4.78, 5) is 17.1. The fraction of sp³-hybridized carbons (Fsp3) is 0.548. The lowest BCUT2D eigenvalue weighted by atomic mass is 9.96. The number of hydrogen-bond donors (Lipinski definition) is 2. The molecule has 206 valence electrons. The zero-order valence-electron chi connectivity index (χ0n) is 23.4. The average molecular weight is 529 g/mol. The molecule has 3 aromatic rings. The Labute approximate surface area is 231 Å². The van der Waals surface area contributed by atoms with Crippen LogP contribution in [0.4, 0.5) is 17.2 Å². The summed E-state index contributed by atoms with van der Waals surface area (Å²) in [7, 11) is 2.18. The predicted octanol–water partition coefficient (Wildman–Crippen LogP) is 3.80. The number of anilines is 3. The molecule has 8 nitrogen and oxygen atoms in total. The number of nitrogens with zero attached hydrogens (tertiary/aromatic N) is 5. The SMILES string of the molecule is Cc1cccc2c1N(c1ccc3c(N4CC5CCC(C4)N5)nc(OC[C@]4(C)CCCN4C)nc3c1)CC(O)C2. The predicted molar refractivity (Wildman–Crippen MR) is 155 cm³/mol. The standard InChI is InChI=1S/C31H40N6O2/c1-20-6-4-7-21-14-25(38)18-37(28(20)21)24-10-11-26-27(15-24)33-30(39-19-31(2)12-5-13-35(31)3)34-29(26)36-16-22-8-9-23(17-36)32-22/h4,6-7,10-11,15,22-23,25,32,38H,5,8-9,12-14,16-19H2,1-3H3/t22?,23?,25?,31-/m0/s1. The Morgan fingerprint density at radius 1 is 1.10 bits per heavy atom. The molecule has 3 saturated heterocycles. The van der Waals surface area contributed by atoms with Gasteiger partial charge >= 0.3 is 6.01 Å². The van der Waals surface area contributed by atoms with E-state index in [0.717, 1.165) is 48.5 Å². The van der Waals surface area contributed by atoms with Crippen molar-refractivity contribution in [3.8, 4) is 6.01 Å². The van der Waals surface area contributed by atoms with Gasteiger partial charge in [0.2, 0.25) is 0 Å². The summed E-state index contributed by atoms with van der Waals surface area (Å²) in [6.07, 6.45) is 5.03.